The van der Waals surface area contributed by atoms with E-state index in [-0.39, 0.29) is 17.9 Å². The third-order valence-corrected chi connectivity index (χ3v) is 4.90. The van der Waals surface area contributed by atoms with E-state index < -0.39 is 0 Å². The molecule has 154 valence electrons. The van der Waals surface area contributed by atoms with E-state index >= 15 is 0 Å². The maximum Gasteiger partial charge on any atom is 0.321 e. The summed E-state index contributed by atoms with van der Waals surface area (Å²) in [5.74, 6) is 1.01. The summed E-state index contributed by atoms with van der Waals surface area (Å²) in [6.07, 6.45) is 3.17. The summed E-state index contributed by atoms with van der Waals surface area (Å²) in [6, 6.07) is 12.4. The molecular weight excluding hydrogens is 384 g/mol. The second-order valence-electron chi connectivity index (χ2n) is 7.12. The Morgan fingerprint density at radius 2 is 1.83 bits per heavy atom. The molecule has 3 heterocycles. The molecule has 1 aliphatic rings. The lowest BCUT2D eigenvalue weighted by molar-refractivity contribution is -0.114. The molecule has 0 atom stereocenters. The number of aromatic nitrogens is 3. The van der Waals surface area contributed by atoms with E-state index in [0.29, 0.717) is 41.9 Å². The Bertz CT molecular complexity index is 1030. The van der Waals surface area contributed by atoms with Crippen molar-refractivity contribution < 1.29 is 14.1 Å². The molecule has 30 heavy (non-hydrogen) atoms. The fraction of sp³-hybridized carbons (Fsp3) is 0.286. The van der Waals surface area contributed by atoms with Crippen molar-refractivity contribution >= 4 is 23.3 Å². The van der Waals surface area contributed by atoms with E-state index in [1.165, 1.54) is 6.92 Å². The van der Waals surface area contributed by atoms with Gasteiger partial charge in [-0.3, -0.25) is 9.78 Å². The van der Waals surface area contributed by atoms with E-state index in [0.717, 1.165) is 12.8 Å². The minimum atomic E-state index is -0.173. The van der Waals surface area contributed by atoms with Gasteiger partial charge in [-0.25, -0.2) is 4.79 Å². The Balaban J connectivity index is 1.33. The minimum absolute atomic E-state index is 0.113. The van der Waals surface area contributed by atoms with Crippen LogP contribution in [0.3, 0.4) is 0 Å². The number of carbonyl (C=O) groups is 2. The van der Waals surface area contributed by atoms with Gasteiger partial charge in [-0.05, 0) is 43.2 Å². The number of rotatable bonds is 4. The molecule has 0 radical (unpaired) electrons. The quantitative estimate of drug-likeness (QED) is 0.686. The third kappa shape index (κ3) is 4.62. The maximum atomic E-state index is 12.6. The molecule has 3 amide bonds. The Hall–Kier alpha value is -3.75. The van der Waals surface area contributed by atoms with Crippen LogP contribution in [0.25, 0.3) is 11.5 Å². The number of hydrogen-bond donors (Lipinski definition) is 2. The molecule has 1 aromatic carbocycles. The van der Waals surface area contributed by atoms with Gasteiger partial charge in [0.2, 0.25) is 17.6 Å². The molecule has 3 aromatic rings. The largest absolute Gasteiger partial charge is 0.339 e. The van der Waals surface area contributed by atoms with Crippen LogP contribution in [0.2, 0.25) is 0 Å². The van der Waals surface area contributed by atoms with Crippen molar-refractivity contribution in [2.75, 3.05) is 23.7 Å². The van der Waals surface area contributed by atoms with Crippen LogP contribution in [0.15, 0.2) is 53.2 Å². The molecule has 0 spiro atoms. The van der Waals surface area contributed by atoms with Gasteiger partial charge in [0, 0.05) is 43.5 Å². The van der Waals surface area contributed by atoms with E-state index in [1.54, 1.807) is 35.4 Å². The number of likely N-dealkylation sites (tertiary alicyclic amines) is 1. The number of pyridine rings is 1. The van der Waals surface area contributed by atoms with Crippen molar-refractivity contribution in [3.05, 3.63) is 54.6 Å². The molecular formula is C21H22N6O3. The highest BCUT2D eigenvalue weighted by molar-refractivity contribution is 5.92. The van der Waals surface area contributed by atoms with Crippen molar-refractivity contribution in [2.24, 2.45) is 0 Å². The van der Waals surface area contributed by atoms with Gasteiger partial charge in [-0.2, -0.15) is 4.98 Å². The van der Waals surface area contributed by atoms with Crippen LogP contribution in [-0.2, 0) is 4.79 Å². The molecule has 1 fully saturated rings. The topological polar surface area (TPSA) is 113 Å². The zero-order chi connectivity index (χ0) is 20.9. The highest BCUT2D eigenvalue weighted by Crippen LogP contribution is 2.28. The fourth-order valence-corrected chi connectivity index (χ4v) is 3.41. The Kier molecular flexibility index (Phi) is 5.69. The number of carbonyl (C=O) groups excluding carboxylic acids is 2. The van der Waals surface area contributed by atoms with Crippen LogP contribution in [0.5, 0.6) is 0 Å². The van der Waals surface area contributed by atoms with Crippen molar-refractivity contribution in [3.8, 4) is 11.5 Å². The zero-order valence-corrected chi connectivity index (χ0v) is 16.5. The van der Waals surface area contributed by atoms with Gasteiger partial charge in [0.05, 0.1) is 0 Å². The lowest BCUT2D eigenvalue weighted by Gasteiger charge is -2.30. The van der Waals surface area contributed by atoms with E-state index in [4.69, 9.17) is 4.52 Å². The molecule has 9 heteroatoms. The van der Waals surface area contributed by atoms with Gasteiger partial charge < -0.3 is 20.1 Å². The average molecular weight is 406 g/mol. The van der Waals surface area contributed by atoms with E-state index in [1.807, 2.05) is 18.2 Å². The first kappa shape index (κ1) is 19.6. The molecule has 1 saturated heterocycles. The summed E-state index contributed by atoms with van der Waals surface area (Å²) in [4.78, 5) is 34.3. The first-order chi connectivity index (χ1) is 14.6. The third-order valence-electron chi connectivity index (χ3n) is 4.90. The van der Waals surface area contributed by atoms with Gasteiger partial charge in [-0.15, -0.1) is 0 Å². The van der Waals surface area contributed by atoms with Gasteiger partial charge in [0.15, 0.2) is 0 Å². The van der Waals surface area contributed by atoms with Crippen LogP contribution in [0, 0.1) is 0 Å². The SMILES string of the molecule is CC(=O)Nc1cccc(NC(=O)N2CCC(c3nc(-c4ccccn4)no3)CC2)c1. The van der Waals surface area contributed by atoms with Crippen LogP contribution < -0.4 is 10.6 Å². The van der Waals surface area contributed by atoms with Gasteiger partial charge in [-0.1, -0.05) is 17.3 Å². The minimum Gasteiger partial charge on any atom is -0.339 e. The van der Waals surface area contributed by atoms with Gasteiger partial charge >= 0.3 is 6.03 Å². The average Bonchev–Trinajstić information content (AvgIpc) is 3.25. The smallest absolute Gasteiger partial charge is 0.321 e. The highest BCUT2D eigenvalue weighted by atomic mass is 16.5. The molecule has 4 rings (SSSR count). The zero-order valence-electron chi connectivity index (χ0n) is 16.5. The van der Waals surface area contributed by atoms with Crippen molar-refractivity contribution in [1.82, 2.24) is 20.0 Å². The lowest BCUT2D eigenvalue weighted by atomic mass is 9.97. The molecule has 0 aliphatic carbocycles. The second kappa shape index (κ2) is 8.73. The molecule has 0 unspecified atom stereocenters. The Labute approximate surface area is 173 Å². The summed E-state index contributed by atoms with van der Waals surface area (Å²) < 4.78 is 5.44. The number of amides is 3. The number of urea groups is 1. The fourth-order valence-electron chi connectivity index (χ4n) is 3.41. The molecule has 0 bridgehead atoms. The summed E-state index contributed by atoms with van der Waals surface area (Å²) in [5, 5.41) is 9.61. The van der Waals surface area contributed by atoms with Gasteiger partial charge in [0.1, 0.15) is 5.69 Å². The van der Waals surface area contributed by atoms with E-state index in [9.17, 15) is 9.59 Å². The number of nitrogens with one attached hydrogen (secondary N) is 2. The Morgan fingerprint density at radius 1 is 1.07 bits per heavy atom. The molecule has 9 nitrogen and oxygen atoms in total. The van der Waals surface area contributed by atoms with Crippen LogP contribution in [0.1, 0.15) is 31.6 Å². The maximum absolute atomic E-state index is 12.6. The summed E-state index contributed by atoms with van der Waals surface area (Å²) in [7, 11) is 0. The summed E-state index contributed by atoms with van der Waals surface area (Å²) >= 11 is 0. The predicted octanol–water partition coefficient (Wildman–Crippen LogP) is 3.50. The molecule has 1 aliphatic heterocycles. The molecule has 2 aromatic heterocycles. The lowest BCUT2D eigenvalue weighted by Crippen LogP contribution is -2.40. The van der Waals surface area contributed by atoms with Crippen molar-refractivity contribution in [1.29, 1.82) is 0 Å². The number of piperidine rings is 1. The number of anilines is 2. The van der Waals surface area contributed by atoms with Crippen molar-refractivity contribution in [3.63, 3.8) is 0 Å². The summed E-state index contributed by atoms with van der Waals surface area (Å²) in [6.45, 7) is 2.62. The number of hydrogen-bond acceptors (Lipinski definition) is 6. The van der Waals surface area contributed by atoms with Crippen LogP contribution >= 0.6 is 0 Å². The number of benzene rings is 1. The van der Waals surface area contributed by atoms with Crippen molar-refractivity contribution in [2.45, 2.75) is 25.7 Å². The molecule has 0 saturated carbocycles. The Morgan fingerprint density at radius 3 is 2.53 bits per heavy atom. The first-order valence-electron chi connectivity index (χ1n) is 9.77. The second-order valence-corrected chi connectivity index (χ2v) is 7.12. The normalized spacial score (nSPS) is 14.4. The molecule has 2 N–H and O–H groups in total. The van der Waals surface area contributed by atoms with Crippen LogP contribution in [-0.4, -0.2) is 45.1 Å². The van der Waals surface area contributed by atoms with Gasteiger partial charge in [0.25, 0.3) is 0 Å². The number of nitrogens with zero attached hydrogens (tertiary/aromatic N) is 4. The highest BCUT2D eigenvalue weighted by Gasteiger charge is 2.28. The summed E-state index contributed by atoms with van der Waals surface area (Å²) in [5.41, 5.74) is 1.94. The predicted molar refractivity (Wildman–Crippen MR) is 111 cm³/mol. The van der Waals surface area contributed by atoms with E-state index in [2.05, 4.69) is 25.8 Å². The monoisotopic (exact) mass is 406 g/mol. The standard InChI is InChI=1S/C21H22N6O3/c1-14(28)23-16-5-4-6-17(13-16)24-21(29)27-11-8-15(9-12-27)20-25-19(26-30-20)18-7-2-3-10-22-18/h2-7,10,13,15H,8-9,11-12H2,1H3,(H,23,28)(H,24,29). The first-order valence-corrected chi connectivity index (χ1v) is 9.77. The van der Waals surface area contributed by atoms with Crippen LogP contribution in [0.4, 0.5) is 16.2 Å².